The van der Waals surface area contributed by atoms with Gasteiger partial charge in [-0.25, -0.2) is 4.98 Å². The molecule has 0 spiro atoms. The predicted molar refractivity (Wildman–Crippen MR) is 47.4 cm³/mol. The Morgan fingerprint density at radius 1 is 1.64 bits per heavy atom. The van der Waals surface area contributed by atoms with Crippen LogP contribution in [0, 0.1) is 6.92 Å². The molecular formula is C7H7ClN2S. The fraction of sp³-hybridized carbons (Fsp3) is 0.286. The molecule has 0 N–H and O–H groups in total. The maximum atomic E-state index is 5.62. The van der Waals surface area contributed by atoms with Crippen molar-refractivity contribution in [3.63, 3.8) is 0 Å². The Hall–Kier alpha value is -0.540. The van der Waals surface area contributed by atoms with E-state index in [4.69, 9.17) is 11.6 Å². The summed E-state index contributed by atoms with van der Waals surface area (Å²) in [6.07, 6.45) is 4.02. The molecule has 2 aromatic heterocycles. The molecular weight excluding hydrogens is 180 g/mol. The molecule has 2 rings (SSSR count). The zero-order chi connectivity index (χ0) is 7.84. The fourth-order valence-corrected chi connectivity index (χ4v) is 1.98. The molecule has 0 aliphatic carbocycles. The average molecular weight is 187 g/mol. The first-order valence-electron chi connectivity index (χ1n) is 3.29. The monoisotopic (exact) mass is 186 g/mol. The highest BCUT2D eigenvalue weighted by Gasteiger charge is 2.01. The number of nitrogens with zero attached hydrogens (tertiary/aromatic N) is 2. The van der Waals surface area contributed by atoms with Gasteiger partial charge < -0.3 is 0 Å². The number of fused-ring (bicyclic) bond motifs is 1. The van der Waals surface area contributed by atoms with Crippen LogP contribution in [0.25, 0.3) is 4.96 Å². The van der Waals surface area contributed by atoms with Crippen molar-refractivity contribution in [2.45, 2.75) is 12.8 Å². The summed E-state index contributed by atoms with van der Waals surface area (Å²) < 4.78 is 2.01. The van der Waals surface area contributed by atoms with Crippen molar-refractivity contribution < 1.29 is 0 Å². The Morgan fingerprint density at radius 2 is 2.45 bits per heavy atom. The first-order valence-corrected chi connectivity index (χ1v) is 4.64. The number of rotatable bonds is 1. The van der Waals surface area contributed by atoms with Gasteiger partial charge >= 0.3 is 0 Å². The van der Waals surface area contributed by atoms with Gasteiger partial charge in [-0.2, -0.15) is 0 Å². The molecule has 0 radical (unpaired) electrons. The first-order chi connectivity index (χ1) is 5.29. The van der Waals surface area contributed by atoms with E-state index in [0.29, 0.717) is 5.88 Å². The van der Waals surface area contributed by atoms with Crippen LogP contribution in [-0.2, 0) is 5.88 Å². The number of aromatic nitrogens is 2. The molecule has 0 atom stereocenters. The SMILES string of the molecule is Cc1cn2cc(CCl)nc2s1. The van der Waals surface area contributed by atoms with Crippen LogP contribution >= 0.6 is 22.9 Å². The van der Waals surface area contributed by atoms with Gasteiger partial charge in [0, 0.05) is 17.3 Å². The van der Waals surface area contributed by atoms with Crippen LogP contribution in [0.2, 0.25) is 0 Å². The van der Waals surface area contributed by atoms with Gasteiger partial charge in [-0.15, -0.1) is 22.9 Å². The maximum absolute atomic E-state index is 5.62. The number of alkyl halides is 1. The van der Waals surface area contributed by atoms with Gasteiger partial charge in [0.15, 0.2) is 4.96 Å². The topological polar surface area (TPSA) is 17.3 Å². The van der Waals surface area contributed by atoms with Crippen molar-refractivity contribution in [1.82, 2.24) is 9.38 Å². The van der Waals surface area contributed by atoms with Crippen molar-refractivity contribution >= 4 is 27.9 Å². The molecule has 0 unspecified atom stereocenters. The largest absolute Gasteiger partial charge is 0.297 e. The minimum absolute atomic E-state index is 0.493. The summed E-state index contributed by atoms with van der Waals surface area (Å²) in [6.45, 7) is 2.07. The highest BCUT2D eigenvalue weighted by Crippen LogP contribution is 2.17. The lowest BCUT2D eigenvalue weighted by atomic mass is 10.5. The van der Waals surface area contributed by atoms with Crippen LogP contribution < -0.4 is 0 Å². The summed E-state index contributed by atoms with van der Waals surface area (Å²) in [5.41, 5.74) is 0.943. The van der Waals surface area contributed by atoms with E-state index in [2.05, 4.69) is 18.1 Å². The van der Waals surface area contributed by atoms with Crippen LogP contribution in [0.5, 0.6) is 0 Å². The van der Waals surface area contributed by atoms with Crippen LogP contribution in [0.1, 0.15) is 10.6 Å². The van der Waals surface area contributed by atoms with E-state index in [-0.39, 0.29) is 0 Å². The van der Waals surface area contributed by atoms with Crippen LogP contribution in [-0.4, -0.2) is 9.38 Å². The lowest BCUT2D eigenvalue weighted by Crippen LogP contribution is -1.73. The normalized spacial score (nSPS) is 11.1. The number of thiazole rings is 1. The molecule has 0 aliphatic rings. The van der Waals surface area contributed by atoms with Gasteiger partial charge in [0.2, 0.25) is 0 Å². The average Bonchev–Trinajstić information content (AvgIpc) is 2.43. The third-order valence-electron chi connectivity index (χ3n) is 1.46. The molecule has 11 heavy (non-hydrogen) atoms. The Morgan fingerprint density at radius 3 is 3.09 bits per heavy atom. The minimum atomic E-state index is 0.493. The van der Waals surface area contributed by atoms with Crippen molar-refractivity contribution in [3.05, 3.63) is 23.0 Å². The first kappa shape index (κ1) is 7.13. The van der Waals surface area contributed by atoms with Gasteiger partial charge in [-0.05, 0) is 6.92 Å². The Balaban J connectivity index is 2.64. The summed E-state index contributed by atoms with van der Waals surface area (Å²) in [4.78, 5) is 6.60. The van der Waals surface area contributed by atoms with E-state index in [9.17, 15) is 0 Å². The second-order valence-electron chi connectivity index (χ2n) is 2.40. The number of halogens is 1. The van der Waals surface area contributed by atoms with Crippen molar-refractivity contribution in [2.24, 2.45) is 0 Å². The van der Waals surface area contributed by atoms with Gasteiger partial charge in [-0.3, -0.25) is 4.40 Å². The van der Waals surface area contributed by atoms with Crippen LogP contribution in [0.4, 0.5) is 0 Å². The van der Waals surface area contributed by atoms with Crippen LogP contribution in [0.15, 0.2) is 12.4 Å². The van der Waals surface area contributed by atoms with Gasteiger partial charge in [0.1, 0.15) is 0 Å². The third-order valence-corrected chi connectivity index (χ3v) is 2.64. The molecule has 58 valence electrons. The van der Waals surface area contributed by atoms with Gasteiger partial charge in [-0.1, -0.05) is 0 Å². The summed E-state index contributed by atoms with van der Waals surface area (Å²) in [5.74, 6) is 0.493. The summed E-state index contributed by atoms with van der Waals surface area (Å²) in [5, 5.41) is 0. The van der Waals surface area contributed by atoms with E-state index in [0.717, 1.165) is 10.7 Å². The molecule has 0 aromatic carbocycles. The summed E-state index contributed by atoms with van der Waals surface area (Å²) in [6, 6.07) is 0. The number of imidazole rings is 1. The molecule has 0 bridgehead atoms. The second-order valence-corrected chi connectivity index (χ2v) is 3.88. The molecule has 2 nitrogen and oxygen atoms in total. The Labute approximate surface area is 73.4 Å². The lowest BCUT2D eigenvalue weighted by molar-refractivity contribution is 1.20. The number of hydrogen-bond donors (Lipinski definition) is 0. The minimum Gasteiger partial charge on any atom is -0.297 e. The molecule has 0 fully saturated rings. The smallest absolute Gasteiger partial charge is 0.194 e. The zero-order valence-corrected chi connectivity index (χ0v) is 7.61. The van der Waals surface area contributed by atoms with E-state index in [1.807, 2.05) is 10.6 Å². The molecule has 0 saturated heterocycles. The second kappa shape index (κ2) is 2.50. The van der Waals surface area contributed by atoms with Crippen molar-refractivity contribution in [2.75, 3.05) is 0 Å². The van der Waals surface area contributed by atoms with E-state index >= 15 is 0 Å². The Bertz CT molecular complexity index is 345. The Kier molecular flexibility index (Phi) is 1.62. The highest BCUT2D eigenvalue weighted by atomic mass is 35.5. The zero-order valence-electron chi connectivity index (χ0n) is 6.04. The molecule has 0 amide bonds. The van der Waals surface area contributed by atoms with Gasteiger partial charge in [0.05, 0.1) is 11.6 Å². The molecule has 2 heterocycles. The van der Waals surface area contributed by atoms with Crippen molar-refractivity contribution in [3.8, 4) is 0 Å². The van der Waals surface area contributed by atoms with E-state index in [1.165, 1.54) is 4.88 Å². The predicted octanol–water partition coefficient (Wildman–Crippen LogP) is 2.44. The molecule has 4 heteroatoms. The van der Waals surface area contributed by atoms with E-state index in [1.54, 1.807) is 11.3 Å². The molecule has 2 aromatic rings. The van der Waals surface area contributed by atoms with Gasteiger partial charge in [0.25, 0.3) is 0 Å². The van der Waals surface area contributed by atoms with Crippen LogP contribution in [0.3, 0.4) is 0 Å². The van der Waals surface area contributed by atoms with Crippen molar-refractivity contribution in [1.29, 1.82) is 0 Å². The third kappa shape index (κ3) is 1.14. The number of hydrogen-bond acceptors (Lipinski definition) is 2. The molecule has 0 aliphatic heterocycles. The number of aryl methyl sites for hydroxylation is 1. The quantitative estimate of drug-likeness (QED) is 0.626. The fourth-order valence-electron chi connectivity index (χ4n) is 1.02. The highest BCUT2D eigenvalue weighted by molar-refractivity contribution is 7.16. The lowest BCUT2D eigenvalue weighted by Gasteiger charge is -1.79. The van der Waals surface area contributed by atoms with E-state index < -0.39 is 0 Å². The summed E-state index contributed by atoms with van der Waals surface area (Å²) >= 11 is 7.31. The summed E-state index contributed by atoms with van der Waals surface area (Å²) in [7, 11) is 0. The maximum Gasteiger partial charge on any atom is 0.194 e. The molecule has 0 saturated carbocycles. The standard InChI is InChI=1S/C7H7ClN2S/c1-5-3-10-4-6(2-8)9-7(10)11-5/h3-4H,2H2,1H3.